The molecule has 1 N–H and O–H groups in total. The van der Waals surface area contributed by atoms with Gasteiger partial charge in [0.25, 0.3) is 0 Å². The monoisotopic (exact) mass is 251 g/mol. The summed E-state index contributed by atoms with van der Waals surface area (Å²) in [4.78, 5) is 0. The molecule has 2 aliphatic carbocycles. The van der Waals surface area contributed by atoms with Gasteiger partial charge in [-0.15, -0.1) is 0 Å². The normalized spacial score (nSPS) is 38.3. The van der Waals surface area contributed by atoms with Gasteiger partial charge in [-0.05, 0) is 43.6 Å². The van der Waals surface area contributed by atoms with Crippen LogP contribution in [0.25, 0.3) is 0 Å². The lowest BCUT2D eigenvalue weighted by molar-refractivity contribution is 0.137. The van der Waals surface area contributed by atoms with E-state index >= 15 is 0 Å². The molecule has 4 atom stereocenters. The number of hydrogen-bond acceptors (Lipinski definition) is 1. The van der Waals surface area contributed by atoms with Gasteiger partial charge in [-0.3, -0.25) is 0 Å². The van der Waals surface area contributed by atoms with Gasteiger partial charge in [0, 0.05) is 6.04 Å². The third-order valence-corrected chi connectivity index (χ3v) is 5.56. The fraction of sp³-hybridized carbons (Fsp3) is 1.00. The second kappa shape index (κ2) is 7.53. The van der Waals surface area contributed by atoms with Crippen LogP contribution in [0.2, 0.25) is 0 Å². The Morgan fingerprint density at radius 2 is 1.61 bits per heavy atom. The van der Waals surface area contributed by atoms with Gasteiger partial charge >= 0.3 is 0 Å². The van der Waals surface area contributed by atoms with Crippen LogP contribution in [0.4, 0.5) is 0 Å². The van der Waals surface area contributed by atoms with E-state index < -0.39 is 0 Å². The third-order valence-electron chi connectivity index (χ3n) is 5.56. The lowest BCUT2D eigenvalue weighted by Crippen LogP contribution is -2.34. The highest BCUT2D eigenvalue weighted by atomic mass is 14.9. The molecule has 0 aromatic rings. The van der Waals surface area contributed by atoms with Crippen molar-refractivity contribution in [1.82, 2.24) is 5.32 Å². The molecule has 18 heavy (non-hydrogen) atoms. The number of hydrogen-bond donors (Lipinski definition) is 1. The van der Waals surface area contributed by atoms with Crippen molar-refractivity contribution in [3.8, 4) is 0 Å². The zero-order chi connectivity index (χ0) is 12.8. The molecule has 0 spiro atoms. The number of rotatable bonds is 4. The van der Waals surface area contributed by atoms with Crippen LogP contribution in [0.15, 0.2) is 0 Å². The highest BCUT2D eigenvalue weighted by Gasteiger charge is 2.32. The molecule has 106 valence electrons. The largest absolute Gasteiger partial charge is 0.314 e. The molecule has 2 fully saturated rings. The fourth-order valence-electron chi connectivity index (χ4n) is 4.63. The summed E-state index contributed by atoms with van der Waals surface area (Å²) in [6, 6.07) is 0.821. The predicted octanol–water partition coefficient (Wildman–Crippen LogP) is 4.76. The van der Waals surface area contributed by atoms with E-state index in [1.807, 2.05) is 0 Å². The molecular weight excluding hydrogens is 218 g/mol. The molecule has 0 aromatic carbocycles. The first-order chi connectivity index (χ1) is 8.85. The molecule has 1 nitrogen and oxygen atoms in total. The van der Waals surface area contributed by atoms with E-state index in [9.17, 15) is 0 Å². The van der Waals surface area contributed by atoms with E-state index in [0.29, 0.717) is 0 Å². The number of nitrogens with one attached hydrogen (secondary N) is 1. The molecular formula is C17H33N. The van der Waals surface area contributed by atoms with Gasteiger partial charge in [-0.25, -0.2) is 0 Å². The van der Waals surface area contributed by atoms with Crippen LogP contribution in [0, 0.1) is 17.8 Å². The van der Waals surface area contributed by atoms with Gasteiger partial charge in [-0.2, -0.15) is 0 Å². The van der Waals surface area contributed by atoms with E-state index in [2.05, 4.69) is 19.2 Å². The fourth-order valence-corrected chi connectivity index (χ4v) is 4.63. The van der Waals surface area contributed by atoms with Gasteiger partial charge in [0.2, 0.25) is 0 Å². The maximum absolute atomic E-state index is 3.73. The zero-order valence-electron chi connectivity index (χ0n) is 12.6. The quantitative estimate of drug-likeness (QED) is 0.710. The standard InChI is InChI=1S/C17H33N/c1-3-14-9-6-8-12-17(14)15-10-5-7-11-16(13-15)18-4-2/h14-18H,3-13H2,1-2H3. The van der Waals surface area contributed by atoms with Gasteiger partial charge in [0.05, 0.1) is 0 Å². The average Bonchev–Trinajstić information content (AvgIpc) is 2.65. The van der Waals surface area contributed by atoms with Crippen molar-refractivity contribution in [1.29, 1.82) is 0 Å². The summed E-state index contributed by atoms with van der Waals surface area (Å²) in [7, 11) is 0. The molecule has 4 unspecified atom stereocenters. The van der Waals surface area contributed by atoms with Crippen molar-refractivity contribution in [2.45, 2.75) is 84.1 Å². The Bertz CT molecular complexity index is 226. The average molecular weight is 251 g/mol. The maximum atomic E-state index is 3.73. The Hall–Kier alpha value is -0.0400. The summed E-state index contributed by atoms with van der Waals surface area (Å²) in [6.07, 6.45) is 14.8. The highest BCUT2D eigenvalue weighted by Crippen LogP contribution is 2.42. The molecule has 0 aromatic heterocycles. The summed E-state index contributed by atoms with van der Waals surface area (Å²) in [6.45, 7) is 5.83. The second-order valence-corrected chi connectivity index (χ2v) is 6.65. The van der Waals surface area contributed by atoms with Crippen LogP contribution in [-0.2, 0) is 0 Å². The smallest absolute Gasteiger partial charge is 0.00696 e. The van der Waals surface area contributed by atoms with Gasteiger partial charge < -0.3 is 5.32 Å². The van der Waals surface area contributed by atoms with Crippen molar-refractivity contribution >= 4 is 0 Å². The van der Waals surface area contributed by atoms with Crippen molar-refractivity contribution < 1.29 is 0 Å². The van der Waals surface area contributed by atoms with Crippen molar-refractivity contribution in [2.75, 3.05) is 6.54 Å². The predicted molar refractivity (Wildman–Crippen MR) is 79.8 cm³/mol. The first kappa shape index (κ1) is 14.4. The Labute approximate surface area is 114 Å². The molecule has 0 bridgehead atoms. The first-order valence-electron chi connectivity index (χ1n) is 8.58. The molecule has 0 heterocycles. The molecule has 0 radical (unpaired) electrons. The summed E-state index contributed by atoms with van der Waals surface area (Å²) in [5.41, 5.74) is 0. The van der Waals surface area contributed by atoms with E-state index in [1.165, 1.54) is 64.2 Å². The summed E-state index contributed by atoms with van der Waals surface area (Å²) in [5.74, 6) is 3.13. The minimum atomic E-state index is 0.821. The van der Waals surface area contributed by atoms with E-state index in [1.54, 1.807) is 0 Å². The van der Waals surface area contributed by atoms with E-state index in [-0.39, 0.29) is 0 Å². The van der Waals surface area contributed by atoms with Crippen LogP contribution in [0.3, 0.4) is 0 Å². The molecule has 2 rings (SSSR count). The maximum Gasteiger partial charge on any atom is 0.00696 e. The molecule has 2 saturated carbocycles. The van der Waals surface area contributed by atoms with Crippen LogP contribution in [-0.4, -0.2) is 12.6 Å². The van der Waals surface area contributed by atoms with Gasteiger partial charge in [0.15, 0.2) is 0 Å². The van der Waals surface area contributed by atoms with Crippen LogP contribution in [0.1, 0.15) is 78.1 Å². The Morgan fingerprint density at radius 3 is 2.39 bits per heavy atom. The van der Waals surface area contributed by atoms with Crippen molar-refractivity contribution in [2.24, 2.45) is 17.8 Å². The first-order valence-corrected chi connectivity index (χ1v) is 8.58. The lowest BCUT2D eigenvalue weighted by atomic mass is 9.69. The molecule has 0 aliphatic heterocycles. The third kappa shape index (κ3) is 3.73. The van der Waals surface area contributed by atoms with Crippen LogP contribution in [0.5, 0.6) is 0 Å². The van der Waals surface area contributed by atoms with Crippen LogP contribution >= 0.6 is 0 Å². The molecule has 0 amide bonds. The van der Waals surface area contributed by atoms with Gasteiger partial charge in [-0.1, -0.05) is 58.8 Å². The summed E-state index contributed by atoms with van der Waals surface area (Å²) < 4.78 is 0. The zero-order valence-corrected chi connectivity index (χ0v) is 12.6. The SMILES string of the molecule is CCNC1CCCCC(C2CCCCC2CC)C1. The highest BCUT2D eigenvalue weighted by molar-refractivity contribution is 4.85. The Kier molecular flexibility index (Phi) is 6.01. The molecule has 2 aliphatic rings. The summed E-state index contributed by atoms with van der Waals surface area (Å²) >= 11 is 0. The van der Waals surface area contributed by atoms with E-state index in [4.69, 9.17) is 0 Å². The Morgan fingerprint density at radius 1 is 0.889 bits per heavy atom. The second-order valence-electron chi connectivity index (χ2n) is 6.65. The minimum absolute atomic E-state index is 0.821. The topological polar surface area (TPSA) is 12.0 Å². The summed E-state index contributed by atoms with van der Waals surface area (Å²) in [5, 5.41) is 3.73. The minimum Gasteiger partial charge on any atom is -0.314 e. The van der Waals surface area contributed by atoms with Gasteiger partial charge in [0.1, 0.15) is 0 Å². The van der Waals surface area contributed by atoms with Crippen molar-refractivity contribution in [3.05, 3.63) is 0 Å². The molecule has 0 saturated heterocycles. The van der Waals surface area contributed by atoms with Crippen molar-refractivity contribution in [3.63, 3.8) is 0 Å². The van der Waals surface area contributed by atoms with Crippen LogP contribution < -0.4 is 5.32 Å². The lowest BCUT2D eigenvalue weighted by Gasteiger charge is -2.37. The molecule has 1 heteroatoms. The Balaban J connectivity index is 1.95. The van der Waals surface area contributed by atoms with E-state index in [0.717, 1.165) is 30.3 Å².